The van der Waals surface area contributed by atoms with E-state index in [-0.39, 0.29) is 5.69 Å². The molecule has 1 aromatic rings. The number of ether oxygens (including phenoxy) is 1. The van der Waals surface area contributed by atoms with Gasteiger partial charge in [-0.3, -0.25) is 15.0 Å². The standard InChI is InChI=1S/C15H20N2O4/c1-10(2)12-9-11(17(19)20)7-8-13(12)16(6)14(18)21-15(3,4)5/h7-9H,1H2,2-6H3. The van der Waals surface area contributed by atoms with E-state index >= 15 is 0 Å². The number of non-ortho nitro benzene ring substituents is 1. The number of nitro benzene ring substituents is 1. The van der Waals surface area contributed by atoms with E-state index in [1.807, 2.05) is 0 Å². The Labute approximate surface area is 124 Å². The van der Waals surface area contributed by atoms with Crippen LogP contribution in [0.1, 0.15) is 33.3 Å². The molecule has 0 unspecified atom stereocenters. The van der Waals surface area contributed by atoms with Gasteiger partial charge in [0.1, 0.15) is 5.60 Å². The lowest BCUT2D eigenvalue weighted by Gasteiger charge is -2.26. The van der Waals surface area contributed by atoms with Gasteiger partial charge >= 0.3 is 6.09 Å². The van der Waals surface area contributed by atoms with E-state index in [4.69, 9.17) is 4.74 Å². The smallest absolute Gasteiger partial charge is 0.414 e. The predicted molar refractivity (Wildman–Crippen MR) is 82.4 cm³/mol. The van der Waals surface area contributed by atoms with Gasteiger partial charge in [-0.15, -0.1) is 0 Å². The summed E-state index contributed by atoms with van der Waals surface area (Å²) in [7, 11) is 1.56. The predicted octanol–water partition coefficient (Wildman–Crippen LogP) is 4.00. The summed E-state index contributed by atoms with van der Waals surface area (Å²) in [4.78, 5) is 23.8. The number of nitrogens with zero attached hydrogens (tertiary/aromatic N) is 2. The highest BCUT2D eigenvalue weighted by molar-refractivity contribution is 5.92. The molecule has 1 rings (SSSR count). The third-order valence-electron chi connectivity index (χ3n) is 2.68. The van der Waals surface area contributed by atoms with Gasteiger partial charge in [-0.05, 0) is 39.3 Å². The average molecular weight is 292 g/mol. The number of carbonyl (C=O) groups is 1. The highest BCUT2D eigenvalue weighted by atomic mass is 16.6. The Kier molecular flexibility index (Phi) is 4.73. The molecule has 114 valence electrons. The van der Waals surface area contributed by atoms with Crippen molar-refractivity contribution in [3.63, 3.8) is 0 Å². The van der Waals surface area contributed by atoms with E-state index in [1.165, 1.54) is 23.1 Å². The largest absolute Gasteiger partial charge is 0.443 e. The number of hydrogen-bond donors (Lipinski definition) is 0. The number of benzene rings is 1. The van der Waals surface area contributed by atoms with Crippen molar-refractivity contribution in [1.29, 1.82) is 0 Å². The van der Waals surface area contributed by atoms with Crippen LogP contribution in [0.2, 0.25) is 0 Å². The third kappa shape index (κ3) is 4.30. The van der Waals surface area contributed by atoms with Crippen LogP contribution in [0.5, 0.6) is 0 Å². The minimum atomic E-state index is -0.616. The summed E-state index contributed by atoms with van der Waals surface area (Å²) in [6, 6.07) is 4.27. The number of carbonyl (C=O) groups excluding carboxylic acids is 1. The first-order valence-electron chi connectivity index (χ1n) is 6.44. The van der Waals surface area contributed by atoms with Gasteiger partial charge in [-0.2, -0.15) is 0 Å². The number of hydrogen-bond acceptors (Lipinski definition) is 4. The Morgan fingerprint density at radius 1 is 1.38 bits per heavy atom. The molecule has 21 heavy (non-hydrogen) atoms. The molecule has 0 saturated heterocycles. The second-order valence-corrected chi connectivity index (χ2v) is 5.78. The van der Waals surface area contributed by atoms with E-state index in [9.17, 15) is 14.9 Å². The number of nitro groups is 1. The summed E-state index contributed by atoms with van der Waals surface area (Å²) in [6.45, 7) is 10.8. The van der Waals surface area contributed by atoms with Gasteiger partial charge in [0.15, 0.2) is 0 Å². The lowest BCUT2D eigenvalue weighted by atomic mass is 10.1. The maximum Gasteiger partial charge on any atom is 0.414 e. The minimum Gasteiger partial charge on any atom is -0.443 e. The molecule has 0 aliphatic carbocycles. The fourth-order valence-electron chi connectivity index (χ4n) is 1.70. The van der Waals surface area contributed by atoms with Crippen molar-refractivity contribution in [2.75, 3.05) is 11.9 Å². The number of anilines is 1. The van der Waals surface area contributed by atoms with E-state index in [0.717, 1.165) is 0 Å². The summed E-state index contributed by atoms with van der Waals surface area (Å²) in [6.07, 6.45) is -0.529. The highest BCUT2D eigenvalue weighted by Gasteiger charge is 2.23. The zero-order chi connectivity index (χ0) is 16.4. The van der Waals surface area contributed by atoms with E-state index in [2.05, 4.69) is 6.58 Å². The summed E-state index contributed by atoms with van der Waals surface area (Å²) < 4.78 is 5.29. The second-order valence-electron chi connectivity index (χ2n) is 5.78. The normalized spacial score (nSPS) is 10.9. The van der Waals surface area contributed by atoms with Crippen LogP contribution in [0.3, 0.4) is 0 Å². The third-order valence-corrected chi connectivity index (χ3v) is 2.68. The van der Waals surface area contributed by atoms with Gasteiger partial charge in [0, 0.05) is 24.7 Å². The molecule has 0 saturated carbocycles. The van der Waals surface area contributed by atoms with Crippen LogP contribution in [0.25, 0.3) is 5.57 Å². The SMILES string of the molecule is C=C(C)c1cc([N+](=O)[O-])ccc1N(C)C(=O)OC(C)(C)C. The molecule has 6 nitrogen and oxygen atoms in total. The molecule has 1 aromatic carbocycles. The van der Waals surface area contributed by atoms with Crippen molar-refractivity contribution in [2.24, 2.45) is 0 Å². The van der Waals surface area contributed by atoms with Gasteiger partial charge in [0.25, 0.3) is 5.69 Å². The molecule has 1 amide bonds. The minimum absolute atomic E-state index is 0.0469. The maximum atomic E-state index is 12.1. The first kappa shape index (κ1) is 16.7. The van der Waals surface area contributed by atoms with Crippen LogP contribution < -0.4 is 4.90 Å². The van der Waals surface area contributed by atoms with Crippen molar-refractivity contribution < 1.29 is 14.5 Å². The second kappa shape index (κ2) is 5.95. The van der Waals surface area contributed by atoms with Crippen molar-refractivity contribution in [2.45, 2.75) is 33.3 Å². The Bertz CT molecular complexity index is 588. The van der Waals surface area contributed by atoms with Crippen LogP contribution in [0, 0.1) is 10.1 Å². The molecule has 0 bridgehead atoms. The van der Waals surface area contributed by atoms with Crippen LogP contribution in [-0.2, 0) is 4.74 Å². The van der Waals surface area contributed by atoms with Crippen molar-refractivity contribution >= 4 is 23.0 Å². The fourth-order valence-corrected chi connectivity index (χ4v) is 1.70. The first-order valence-corrected chi connectivity index (χ1v) is 6.44. The van der Waals surface area contributed by atoms with Crippen molar-refractivity contribution in [1.82, 2.24) is 0 Å². The Morgan fingerprint density at radius 2 is 1.95 bits per heavy atom. The molecule has 0 N–H and O–H groups in total. The quantitative estimate of drug-likeness (QED) is 0.623. The Morgan fingerprint density at radius 3 is 2.38 bits per heavy atom. The van der Waals surface area contributed by atoms with E-state index < -0.39 is 16.6 Å². The van der Waals surface area contributed by atoms with Crippen molar-refractivity contribution in [3.8, 4) is 0 Å². The Hall–Kier alpha value is -2.37. The molecule has 0 atom stereocenters. The molecule has 0 aromatic heterocycles. The monoisotopic (exact) mass is 292 g/mol. The maximum absolute atomic E-state index is 12.1. The summed E-state index contributed by atoms with van der Waals surface area (Å²) in [5.74, 6) is 0. The van der Waals surface area contributed by atoms with Crippen LogP contribution in [-0.4, -0.2) is 23.7 Å². The zero-order valence-corrected chi connectivity index (χ0v) is 13.0. The van der Waals surface area contributed by atoms with Gasteiger partial charge in [0.05, 0.1) is 10.6 Å². The van der Waals surface area contributed by atoms with E-state index in [1.54, 1.807) is 34.7 Å². The fraction of sp³-hybridized carbons (Fsp3) is 0.400. The molecule has 0 spiro atoms. The summed E-state index contributed by atoms with van der Waals surface area (Å²) in [5, 5.41) is 10.8. The van der Waals surface area contributed by atoms with Gasteiger partial charge < -0.3 is 4.74 Å². The van der Waals surface area contributed by atoms with Gasteiger partial charge in [-0.1, -0.05) is 6.58 Å². The van der Waals surface area contributed by atoms with Crippen LogP contribution >= 0.6 is 0 Å². The number of allylic oxidation sites excluding steroid dienone is 1. The van der Waals surface area contributed by atoms with Gasteiger partial charge in [0.2, 0.25) is 0 Å². The number of amides is 1. The first-order chi connectivity index (χ1) is 9.53. The molecule has 0 heterocycles. The molecule has 0 aliphatic heterocycles. The van der Waals surface area contributed by atoms with Gasteiger partial charge in [-0.25, -0.2) is 4.79 Å². The summed E-state index contributed by atoms with van der Waals surface area (Å²) >= 11 is 0. The topological polar surface area (TPSA) is 72.7 Å². The van der Waals surface area contributed by atoms with E-state index in [0.29, 0.717) is 16.8 Å². The molecule has 0 radical (unpaired) electrons. The zero-order valence-electron chi connectivity index (χ0n) is 13.0. The summed E-state index contributed by atoms with van der Waals surface area (Å²) in [5.41, 5.74) is 1.02. The molecular formula is C15H20N2O4. The Balaban J connectivity index is 3.20. The van der Waals surface area contributed by atoms with Crippen LogP contribution in [0.4, 0.5) is 16.2 Å². The van der Waals surface area contributed by atoms with Crippen LogP contribution in [0.15, 0.2) is 24.8 Å². The lowest BCUT2D eigenvalue weighted by Crippen LogP contribution is -2.34. The highest BCUT2D eigenvalue weighted by Crippen LogP contribution is 2.30. The molecular weight excluding hydrogens is 272 g/mol. The molecule has 6 heteroatoms. The van der Waals surface area contributed by atoms with Crippen molar-refractivity contribution in [3.05, 3.63) is 40.5 Å². The lowest BCUT2D eigenvalue weighted by molar-refractivity contribution is -0.384. The molecule has 0 aliphatic rings. The average Bonchev–Trinajstić information content (AvgIpc) is 2.34. The number of rotatable bonds is 3. The molecule has 0 fully saturated rings.